The molecule has 6 nitrogen and oxygen atoms in total. The van der Waals surface area contributed by atoms with Crippen LogP contribution in [0, 0.1) is 0 Å². The Morgan fingerprint density at radius 3 is 2.27 bits per heavy atom. The van der Waals surface area contributed by atoms with Crippen molar-refractivity contribution in [2.24, 2.45) is 0 Å². The van der Waals surface area contributed by atoms with Crippen LogP contribution >= 0.6 is 35.0 Å². The van der Waals surface area contributed by atoms with Crippen molar-refractivity contribution in [1.82, 2.24) is 4.90 Å². The van der Waals surface area contributed by atoms with Gasteiger partial charge in [-0.05, 0) is 70.9 Å². The van der Waals surface area contributed by atoms with Crippen LogP contribution in [0.4, 0.5) is 4.79 Å². The second kappa shape index (κ2) is 11.6. The van der Waals surface area contributed by atoms with E-state index in [-0.39, 0.29) is 28.5 Å². The molecule has 3 aromatic carbocycles. The summed E-state index contributed by atoms with van der Waals surface area (Å²) in [6.45, 7) is 0.0961. The van der Waals surface area contributed by atoms with Gasteiger partial charge >= 0.3 is 5.97 Å². The van der Waals surface area contributed by atoms with Crippen LogP contribution in [-0.4, -0.2) is 34.9 Å². The number of hydrogen-bond acceptors (Lipinski definition) is 6. The zero-order chi connectivity index (χ0) is 26.5. The number of rotatable bonds is 7. The third kappa shape index (κ3) is 6.38. The molecular formula is C28H19Cl2NO5S. The number of benzene rings is 3. The van der Waals surface area contributed by atoms with Gasteiger partial charge in [-0.2, -0.15) is 0 Å². The number of hydrogen-bond donors (Lipinski definition) is 0. The highest BCUT2D eigenvalue weighted by Crippen LogP contribution is 2.33. The predicted octanol–water partition coefficient (Wildman–Crippen LogP) is 6.91. The second-order valence-electron chi connectivity index (χ2n) is 7.94. The van der Waals surface area contributed by atoms with E-state index in [0.29, 0.717) is 26.6 Å². The lowest BCUT2D eigenvalue weighted by Gasteiger charge is -2.12. The van der Waals surface area contributed by atoms with Gasteiger partial charge in [0, 0.05) is 10.6 Å². The molecule has 9 heteroatoms. The van der Waals surface area contributed by atoms with E-state index in [1.165, 1.54) is 19.3 Å². The van der Waals surface area contributed by atoms with Crippen molar-refractivity contribution in [3.8, 4) is 0 Å². The first kappa shape index (κ1) is 26.4. The Hall–Kier alpha value is -3.65. The molecule has 0 saturated carbocycles. The number of amides is 2. The van der Waals surface area contributed by atoms with Crippen molar-refractivity contribution in [3.63, 3.8) is 0 Å². The predicted molar refractivity (Wildman–Crippen MR) is 146 cm³/mol. The van der Waals surface area contributed by atoms with Crippen molar-refractivity contribution < 1.29 is 23.9 Å². The molecule has 1 aliphatic heterocycles. The highest BCUT2D eigenvalue weighted by atomic mass is 35.5. The van der Waals surface area contributed by atoms with Crippen molar-refractivity contribution in [2.45, 2.75) is 6.54 Å². The maximum absolute atomic E-state index is 12.8. The number of methoxy groups -OCH3 is 1. The summed E-state index contributed by atoms with van der Waals surface area (Å²) in [5.41, 5.74) is 2.96. The summed E-state index contributed by atoms with van der Waals surface area (Å²) in [5.74, 6) is -1.10. The molecular weight excluding hydrogens is 533 g/mol. The van der Waals surface area contributed by atoms with Crippen LogP contribution in [0.15, 0.2) is 77.7 Å². The van der Waals surface area contributed by atoms with E-state index in [9.17, 15) is 19.2 Å². The third-order valence-electron chi connectivity index (χ3n) is 5.45. The molecule has 2 amide bonds. The molecule has 0 bridgehead atoms. The maximum Gasteiger partial charge on any atom is 0.337 e. The van der Waals surface area contributed by atoms with Crippen LogP contribution < -0.4 is 0 Å². The van der Waals surface area contributed by atoms with Crippen LogP contribution in [-0.2, 0) is 16.1 Å². The number of esters is 1. The van der Waals surface area contributed by atoms with E-state index in [4.69, 9.17) is 23.2 Å². The molecule has 0 aromatic heterocycles. The molecule has 0 aliphatic carbocycles. The lowest BCUT2D eigenvalue weighted by Crippen LogP contribution is -2.27. The molecule has 0 N–H and O–H groups in total. The fraction of sp³-hybridized carbons (Fsp3) is 0.0714. The summed E-state index contributed by atoms with van der Waals surface area (Å²) in [4.78, 5) is 50.8. The summed E-state index contributed by atoms with van der Waals surface area (Å²) in [7, 11) is 1.30. The molecule has 3 aromatic rings. The van der Waals surface area contributed by atoms with Crippen LogP contribution in [0.2, 0.25) is 10.0 Å². The van der Waals surface area contributed by atoms with Crippen LogP contribution in [0.1, 0.15) is 37.4 Å². The quantitative estimate of drug-likeness (QED) is 0.180. The minimum absolute atomic E-state index is 0.0961. The van der Waals surface area contributed by atoms with E-state index in [1.807, 2.05) is 0 Å². The lowest BCUT2D eigenvalue weighted by molar-refractivity contribution is -0.123. The Morgan fingerprint density at radius 2 is 1.62 bits per heavy atom. The van der Waals surface area contributed by atoms with E-state index in [1.54, 1.807) is 72.8 Å². The van der Waals surface area contributed by atoms with Gasteiger partial charge in [0.05, 0.1) is 29.1 Å². The van der Waals surface area contributed by atoms with E-state index in [2.05, 4.69) is 4.74 Å². The largest absolute Gasteiger partial charge is 0.465 e. The minimum Gasteiger partial charge on any atom is -0.465 e. The Labute approximate surface area is 227 Å². The van der Waals surface area contributed by atoms with Gasteiger partial charge in [0.2, 0.25) is 0 Å². The average molecular weight is 552 g/mol. The standard InChI is InChI=1S/C28H19Cl2NO5S/c1-36-27(34)20-9-6-19(7-10-20)16-31-26(33)25(37-28(31)35)14-18-4-2-17(3-5-18)8-13-24(32)22-12-11-21(29)15-23(22)30/h2-15H,16H2,1H3/b13-8+,25-14-. The van der Waals surface area contributed by atoms with E-state index >= 15 is 0 Å². The number of ketones is 1. The van der Waals surface area contributed by atoms with Crippen molar-refractivity contribution >= 4 is 70.0 Å². The molecule has 0 unspecified atom stereocenters. The summed E-state index contributed by atoms with van der Waals surface area (Å²) >= 11 is 12.8. The zero-order valence-corrected chi connectivity index (χ0v) is 21.8. The Balaban J connectivity index is 1.41. The number of allylic oxidation sites excluding steroid dienone is 1. The molecule has 1 aliphatic rings. The topological polar surface area (TPSA) is 80.8 Å². The Morgan fingerprint density at radius 1 is 0.946 bits per heavy atom. The number of thioether (sulfide) groups is 1. The van der Waals surface area contributed by atoms with Crippen LogP contribution in [0.5, 0.6) is 0 Å². The van der Waals surface area contributed by atoms with Gasteiger partial charge in [0.15, 0.2) is 5.78 Å². The summed E-state index contributed by atoms with van der Waals surface area (Å²) in [6.07, 6.45) is 4.74. The first-order valence-electron chi connectivity index (χ1n) is 11.0. The molecule has 0 atom stereocenters. The smallest absolute Gasteiger partial charge is 0.337 e. The Bertz CT molecular complexity index is 1450. The van der Waals surface area contributed by atoms with Gasteiger partial charge in [0.1, 0.15) is 0 Å². The van der Waals surface area contributed by atoms with Gasteiger partial charge in [0.25, 0.3) is 11.1 Å². The van der Waals surface area contributed by atoms with Gasteiger partial charge < -0.3 is 4.74 Å². The van der Waals surface area contributed by atoms with Crippen molar-refractivity contribution in [1.29, 1.82) is 0 Å². The van der Waals surface area contributed by atoms with Gasteiger partial charge in [-0.15, -0.1) is 0 Å². The molecule has 0 spiro atoms. The normalized spacial score (nSPS) is 14.6. The lowest BCUT2D eigenvalue weighted by atomic mass is 10.1. The number of ether oxygens (including phenoxy) is 1. The Kier molecular flexibility index (Phi) is 8.28. The fourth-order valence-corrected chi connectivity index (χ4v) is 4.83. The molecule has 1 heterocycles. The molecule has 1 saturated heterocycles. The molecule has 1 fully saturated rings. The van der Waals surface area contributed by atoms with Gasteiger partial charge in [-0.25, -0.2) is 4.79 Å². The zero-order valence-electron chi connectivity index (χ0n) is 19.4. The first-order chi connectivity index (χ1) is 17.7. The number of imide groups is 1. The SMILES string of the molecule is COC(=O)c1ccc(CN2C(=O)S/C(=C\c3ccc(/C=C/C(=O)c4ccc(Cl)cc4Cl)cc3)C2=O)cc1. The van der Waals surface area contributed by atoms with Gasteiger partial charge in [-0.3, -0.25) is 19.3 Å². The van der Waals surface area contributed by atoms with E-state index in [0.717, 1.165) is 27.8 Å². The molecule has 0 radical (unpaired) electrons. The maximum atomic E-state index is 12.8. The summed E-state index contributed by atoms with van der Waals surface area (Å²) in [6, 6.07) is 18.4. The molecule has 4 rings (SSSR count). The fourth-order valence-electron chi connectivity index (χ4n) is 3.49. The first-order valence-corrected chi connectivity index (χ1v) is 12.5. The highest BCUT2D eigenvalue weighted by Gasteiger charge is 2.35. The number of carbonyl (C=O) groups is 4. The summed E-state index contributed by atoms with van der Waals surface area (Å²) in [5, 5.41) is 0.366. The summed E-state index contributed by atoms with van der Waals surface area (Å²) < 4.78 is 4.68. The van der Waals surface area contributed by atoms with Crippen LogP contribution in [0.25, 0.3) is 12.2 Å². The number of nitrogens with zero attached hydrogens (tertiary/aromatic N) is 1. The highest BCUT2D eigenvalue weighted by molar-refractivity contribution is 8.18. The second-order valence-corrected chi connectivity index (χ2v) is 9.78. The van der Waals surface area contributed by atoms with Crippen molar-refractivity contribution in [3.05, 3.63) is 116 Å². The molecule has 186 valence electrons. The van der Waals surface area contributed by atoms with Crippen LogP contribution in [0.3, 0.4) is 0 Å². The monoisotopic (exact) mass is 551 g/mol. The number of halogens is 2. The van der Waals surface area contributed by atoms with Gasteiger partial charge in [-0.1, -0.05) is 65.7 Å². The number of carbonyl (C=O) groups excluding carboxylic acids is 4. The van der Waals surface area contributed by atoms with Crippen molar-refractivity contribution in [2.75, 3.05) is 7.11 Å². The molecule has 37 heavy (non-hydrogen) atoms. The van der Waals surface area contributed by atoms with E-state index < -0.39 is 5.97 Å². The third-order valence-corrected chi connectivity index (χ3v) is 6.90. The minimum atomic E-state index is -0.459. The average Bonchev–Trinajstić information content (AvgIpc) is 3.15.